The first-order valence-electron chi connectivity index (χ1n) is 5.28. The molecule has 1 aliphatic heterocycles. The molecule has 1 heterocycles. The number of nitrogens with one attached hydrogen (secondary N) is 1. The fraction of sp³-hybridized carbons (Fsp3) is 1.00. The summed E-state index contributed by atoms with van der Waals surface area (Å²) < 4.78 is 0. The van der Waals surface area contributed by atoms with Gasteiger partial charge in [-0.25, -0.2) is 0 Å². The molecule has 1 saturated heterocycles. The van der Waals surface area contributed by atoms with Gasteiger partial charge in [0.25, 0.3) is 0 Å². The Balaban J connectivity index is 2.05. The van der Waals surface area contributed by atoms with E-state index < -0.39 is 0 Å². The van der Waals surface area contributed by atoms with E-state index in [0.717, 1.165) is 12.5 Å². The summed E-state index contributed by atoms with van der Waals surface area (Å²) in [5.41, 5.74) is 0. The summed E-state index contributed by atoms with van der Waals surface area (Å²) in [6.45, 7) is 8.42. The van der Waals surface area contributed by atoms with Gasteiger partial charge in [-0.15, -0.1) is 0 Å². The van der Waals surface area contributed by atoms with Crippen LogP contribution >= 0.6 is 11.8 Å². The van der Waals surface area contributed by atoms with Gasteiger partial charge in [0.1, 0.15) is 0 Å². The Hall–Kier alpha value is 0.270. The van der Waals surface area contributed by atoms with Crippen molar-refractivity contribution in [3.05, 3.63) is 0 Å². The Morgan fingerprint density at radius 3 is 3.08 bits per heavy atom. The average Bonchev–Trinajstić information content (AvgIpc) is 2.59. The van der Waals surface area contributed by atoms with Crippen LogP contribution in [-0.4, -0.2) is 49.6 Å². The lowest BCUT2D eigenvalue weighted by molar-refractivity contribution is 0.342. The second kappa shape index (κ2) is 6.68. The fourth-order valence-electron chi connectivity index (χ4n) is 1.85. The third-order valence-corrected chi connectivity index (χ3v) is 3.26. The number of nitrogens with zero attached hydrogens (tertiary/aromatic N) is 1. The lowest BCUT2D eigenvalue weighted by atomic mass is 10.1. The van der Waals surface area contributed by atoms with Crippen LogP contribution in [-0.2, 0) is 0 Å². The van der Waals surface area contributed by atoms with Gasteiger partial charge in [0.05, 0.1) is 0 Å². The molecular formula is C10H22N2S. The van der Waals surface area contributed by atoms with Crippen molar-refractivity contribution in [2.24, 2.45) is 5.92 Å². The van der Waals surface area contributed by atoms with E-state index in [4.69, 9.17) is 0 Å². The van der Waals surface area contributed by atoms with Crippen LogP contribution in [0.15, 0.2) is 0 Å². The van der Waals surface area contributed by atoms with E-state index in [9.17, 15) is 0 Å². The van der Waals surface area contributed by atoms with Gasteiger partial charge >= 0.3 is 0 Å². The molecule has 0 spiro atoms. The van der Waals surface area contributed by atoms with Gasteiger partial charge in [-0.05, 0) is 38.2 Å². The van der Waals surface area contributed by atoms with E-state index >= 15 is 0 Å². The predicted octanol–water partition coefficient (Wildman–Crippen LogP) is 1.28. The summed E-state index contributed by atoms with van der Waals surface area (Å²) in [6.07, 6.45) is 3.58. The first kappa shape index (κ1) is 11.3. The number of hydrogen-bond acceptors (Lipinski definition) is 3. The molecule has 0 amide bonds. The van der Waals surface area contributed by atoms with Crippen molar-refractivity contribution in [3.63, 3.8) is 0 Å². The largest absolute Gasteiger partial charge is 0.317 e. The maximum atomic E-state index is 3.43. The number of likely N-dealkylation sites (tertiary alicyclic amines) is 1. The van der Waals surface area contributed by atoms with Crippen LogP contribution in [0.1, 0.15) is 13.3 Å². The average molecular weight is 202 g/mol. The van der Waals surface area contributed by atoms with Gasteiger partial charge in [0.2, 0.25) is 0 Å². The van der Waals surface area contributed by atoms with Gasteiger partial charge in [0, 0.05) is 18.8 Å². The van der Waals surface area contributed by atoms with Crippen molar-refractivity contribution in [1.82, 2.24) is 10.2 Å². The molecule has 0 aliphatic carbocycles. The molecule has 1 fully saturated rings. The Morgan fingerprint density at radius 1 is 1.54 bits per heavy atom. The van der Waals surface area contributed by atoms with Crippen molar-refractivity contribution in [2.45, 2.75) is 13.3 Å². The standard InChI is InChI=1S/C10H22N2S/c1-3-11-8-10-4-5-12(9-10)6-7-13-2/h10-11H,3-9H2,1-2H3. The zero-order valence-corrected chi connectivity index (χ0v) is 9.70. The highest BCUT2D eigenvalue weighted by Gasteiger charge is 2.20. The van der Waals surface area contributed by atoms with E-state index in [0.29, 0.717) is 0 Å². The minimum Gasteiger partial charge on any atom is -0.317 e. The van der Waals surface area contributed by atoms with E-state index in [1.807, 2.05) is 11.8 Å². The smallest absolute Gasteiger partial charge is 0.00724 e. The third-order valence-electron chi connectivity index (χ3n) is 2.66. The number of rotatable bonds is 6. The summed E-state index contributed by atoms with van der Waals surface area (Å²) in [7, 11) is 0. The minimum atomic E-state index is 0.904. The normalized spacial score (nSPS) is 24.0. The maximum Gasteiger partial charge on any atom is 0.00724 e. The quantitative estimate of drug-likeness (QED) is 0.698. The lowest BCUT2D eigenvalue weighted by Crippen LogP contribution is -2.27. The van der Waals surface area contributed by atoms with Gasteiger partial charge in [0.15, 0.2) is 0 Å². The summed E-state index contributed by atoms with van der Waals surface area (Å²) in [5, 5.41) is 3.43. The zero-order chi connectivity index (χ0) is 9.52. The van der Waals surface area contributed by atoms with E-state index in [-0.39, 0.29) is 0 Å². The fourth-order valence-corrected chi connectivity index (χ4v) is 2.29. The molecular weight excluding hydrogens is 180 g/mol. The molecule has 1 aliphatic rings. The van der Waals surface area contributed by atoms with E-state index in [1.54, 1.807) is 0 Å². The van der Waals surface area contributed by atoms with Crippen molar-refractivity contribution >= 4 is 11.8 Å². The Labute approximate surface area is 86.5 Å². The highest BCUT2D eigenvalue weighted by atomic mass is 32.2. The van der Waals surface area contributed by atoms with Gasteiger partial charge in [-0.2, -0.15) is 11.8 Å². The summed E-state index contributed by atoms with van der Waals surface area (Å²) in [6, 6.07) is 0. The monoisotopic (exact) mass is 202 g/mol. The van der Waals surface area contributed by atoms with Crippen molar-refractivity contribution < 1.29 is 0 Å². The molecule has 0 aromatic rings. The second-order valence-corrected chi connectivity index (χ2v) is 4.74. The Morgan fingerprint density at radius 2 is 2.38 bits per heavy atom. The Bertz CT molecular complexity index is 116. The molecule has 1 unspecified atom stereocenters. The van der Waals surface area contributed by atoms with Crippen LogP contribution in [0.3, 0.4) is 0 Å². The summed E-state index contributed by atoms with van der Waals surface area (Å²) in [4.78, 5) is 2.60. The molecule has 1 N–H and O–H groups in total. The van der Waals surface area contributed by atoms with Crippen molar-refractivity contribution in [2.75, 3.05) is 44.7 Å². The van der Waals surface area contributed by atoms with Gasteiger partial charge < -0.3 is 10.2 Å². The van der Waals surface area contributed by atoms with Crippen LogP contribution in [0.4, 0.5) is 0 Å². The lowest BCUT2D eigenvalue weighted by Gasteiger charge is -2.15. The minimum absolute atomic E-state index is 0.904. The molecule has 0 bridgehead atoms. The first-order valence-corrected chi connectivity index (χ1v) is 6.68. The molecule has 2 nitrogen and oxygen atoms in total. The Kier molecular flexibility index (Phi) is 5.83. The molecule has 78 valence electrons. The van der Waals surface area contributed by atoms with Gasteiger partial charge in [-0.3, -0.25) is 0 Å². The highest BCUT2D eigenvalue weighted by Crippen LogP contribution is 2.15. The van der Waals surface area contributed by atoms with E-state index in [2.05, 4.69) is 23.4 Å². The third kappa shape index (κ3) is 4.34. The molecule has 0 aromatic heterocycles. The van der Waals surface area contributed by atoms with Crippen molar-refractivity contribution in [1.29, 1.82) is 0 Å². The molecule has 1 atom stereocenters. The molecule has 3 heteroatoms. The first-order chi connectivity index (χ1) is 6.36. The van der Waals surface area contributed by atoms with Crippen LogP contribution < -0.4 is 5.32 Å². The summed E-state index contributed by atoms with van der Waals surface area (Å²) in [5.74, 6) is 2.19. The van der Waals surface area contributed by atoms with Crippen LogP contribution in [0, 0.1) is 5.92 Å². The van der Waals surface area contributed by atoms with Crippen LogP contribution in [0.25, 0.3) is 0 Å². The topological polar surface area (TPSA) is 15.3 Å². The zero-order valence-electron chi connectivity index (χ0n) is 8.88. The summed E-state index contributed by atoms with van der Waals surface area (Å²) >= 11 is 1.95. The highest BCUT2D eigenvalue weighted by molar-refractivity contribution is 7.98. The molecule has 13 heavy (non-hydrogen) atoms. The molecule has 0 radical (unpaired) electrons. The molecule has 0 saturated carbocycles. The number of hydrogen-bond donors (Lipinski definition) is 1. The molecule has 1 rings (SSSR count). The predicted molar refractivity (Wildman–Crippen MR) is 61.5 cm³/mol. The second-order valence-electron chi connectivity index (χ2n) is 3.76. The SMILES string of the molecule is CCNCC1CCN(CCSC)C1. The van der Waals surface area contributed by atoms with Crippen LogP contribution in [0.5, 0.6) is 0 Å². The van der Waals surface area contributed by atoms with E-state index in [1.165, 1.54) is 38.4 Å². The van der Waals surface area contributed by atoms with Crippen LogP contribution in [0.2, 0.25) is 0 Å². The number of thioether (sulfide) groups is 1. The van der Waals surface area contributed by atoms with Crippen molar-refractivity contribution in [3.8, 4) is 0 Å². The maximum absolute atomic E-state index is 3.43. The molecule has 0 aromatic carbocycles. The van der Waals surface area contributed by atoms with Gasteiger partial charge in [-0.1, -0.05) is 6.92 Å².